The van der Waals surface area contributed by atoms with Crippen LogP contribution in [-0.4, -0.2) is 40.5 Å². The summed E-state index contributed by atoms with van der Waals surface area (Å²) in [7, 11) is 0. The van der Waals surface area contributed by atoms with E-state index in [9.17, 15) is 0 Å². The zero-order chi connectivity index (χ0) is 14.8. The summed E-state index contributed by atoms with van der Waals surface area (Å²) in [5.41, 5.74) is 0.983. The molecule has 1 aliphatic heterocycles. The highest BCUT2D eigenvalue weighted by Crippen LogP contribution is 2.39. The molecule has 0 atom stereocenters. The van der Waals surface area contributed by atoms with E-state index in [1.54, 1.807) is 0 Å². The topological polar surface area (TPSA) is 41.0 Å². The van der Waals surface area contributed by atoms with Crippen LogP contribution in [0.5, 0.6) is 0 Å². The minimum absolute atomic E-state index is 0.509. The van der Waals surface area contributed by atoms with Gasteiger partial charge in [-0.05, 0) is 45.6 Å². The first kappa shape index (κ1) is 15.0. The molecule has 1 aromatic heterocycles. The number of likely N-dealkylation sites (tertiary alicyclic amines) is 1. The van der Waals surface area contributed by atoms with Crippen LogP contribution < -0.4 is 5.32 Å². The van der Waals surface area contributed by atoms with Gasteiger partial charge in [-0.1, -0.05) is 18.5 Å². The van der Waals surface area contributed by atoms with Gasteiger partial charge in [0, 0.05) is 30.6 Å². The molecule has 0 radical (unpaired) electrons. The molecule has 4 nitrogen and oxygen atoms in total. The summed E-state index contributed by atoms with van der Waals surface area (Å²) in [6.45, 7) is 7.83. The first-order valence-corrected chi connectivity index (χ1v) is 8.58. The summed E-state index contributed by atoms with van der Waals surface area (Å²) in [4.78, 5) is 11.7. The van der Waals surface area contributed by atoms with Gasteiger partial charge in [-0.25, -0.2) is 9.97 Å². The number of nitrogens with one attached hydrogen (secondary N) is 1. The van der Waals surface area contributed by atoms with Crippen molar-refractivity contribution in [2.75, 3.05) is 25.0 Å². The lowest BCUT2D eigenvalue weighted by Gasteiger charge is -2.32. The third kappa shape index (κ3) is 3.67. The molecule has 21 heavy (non-hydrogen) atoms. The fraction of sp³-hybridized carbons (Fsp3) is 0.750. The summed E-state index contributed by atoms with van der Waals surface area (Å²) >= 11 is 6.27. The Morgan fingerprint density at radius 2 is 1.90 bits per heavy atom. The maximum absolute atomic E-state index is 6.27. The quantitative estimate of drug-likeness (QED) is 0.844. The van der Waals surface area contributed by atoms with Crippen molar-refractivity contribution in [3.8, 4) is 0 Å². The highest BCUT2D eigenvalue weighted by molar-refractivity contribution is 6.30. The molecule has 116 valence electrons. The monoisotopic (exact) mass is 308 g/mol. The van der Waals surface area contributed by atoms with Gasteiger partial charge in [0.25, 0.3) is 0 Å². The average molecular weight is 309 g/mol. The van der Waals surface area contributed by atoms with Gasteiger partial charge in [0.1, 0.15) is 16.8 Å². The van der Waals surface area contributed by atoms with Gasteiger partial charge in [0.15, 0.2) is 0 Å². The van der Waals surface area contributed by atoms with Crippen LogP contribution >= 0.6 is 11.6 Å². The van der Waals surface area contributed by atoms with Crippen molar-refractivity contribution < 1.29 is 0 Å². The van der Waals surface area contributed by atoms with Crippen molar-refractivity contribution in [3.63, 3.8) is 0 Å². The number of nitrogens with zero attached hydrogens (tertiary/aromatic N) is 3. The molecule has 1 aliphatic carbocycles. The van der Waals surface area contributed by atoms with Gasteiger partial charge in [0.05, 0.1) is 0 Å². The van der Waals surface area contributed by atoms with E-state index < -0.39 is 0 Å². The van der Waals surface area contributed by atoms with Crippen molar-refractivity contribution in [2.24, 2.45) is 0 Å². The lowest BCUT2D eigenvalue weighted by molar-refractivity contribution is 0.219. The summed E-state index contributed by atoms with van der Waals surface area (Å²) < 4.78 is 0. The number of anilines is 1. The lowest BCUT2D eigenvalue weighted by Crippen LogP contribution is -2.39. The summed E-state index contributed by atoms with van der Waals surface area (Å²) in [5.74, 6) is 2.41. The van der Waals surface area contributed by atoms with Gasteiger partial charge in [-0.15, -0.1) is 0 Å². The van der Waals surface area contributed by atoms with Crippen LogP contribution in [0.15, 0.2) is 0 Å². The Hall–Kier alpha value is -0.870. The van der Waals surface area contributed by atoms with E-state index in [-0.39, 0.29) is 0 Å². The number of halogens is 1. The van der Waals surface area contributed by atoms with Crippen LogP contribution in [0.4, 0.5) is 5.82 Å². The molecule has 0 spiro atoms. The first-order valence-electron chi connectivity index (χ1n) is 8.20. The first-order chi connectivity index (χ1) is 10.2. The van der Waals surface area contributed by atoms with Crippen LogP contribution in [0, 0.1) is 6.92 Å². The van der Waals surface area contributed by atoms with Gasteiger partial charge >= 0.3 is 0 Å². The molecule has 1 saturated carbocycles. The number of hydrogen-bond acceptors (Lipinski definition) is 4. The maximum Gasteiger partial charge on any atom is 0.137 e. The lowest BCUT2D eigenvalue weighted by atomic mass is 10.0. The summed E-state index contributed by atoms with van der Waals surface area (Å²) in [6.07, 6.45) is 6.01. The highest BCUT2D eigenvalue weighted by Gasteiger charge is 2.28. The molecule has 0 amide bonds. The van der Waals surface area contributed by atoms with Gasteiger partial charge in [0.2, 0.25) is 0 Å². The minimum Gasteiger partial charge on any atom is -0.367 e. The van der Waals surface area contributed by atoms with Gasteiger partial charge < -0.3 is 10.2 Å². The van der Waals surface area contributed by atoms with Gasteiger partial charge in [-0.3, -0.25) is 0 Å². The number of rotatable bonds is 5. The van der Waals surface area contributed by atoms with Crippen molar-refractivity contribution in [3.05, 3.63) is 16.5 Å². The van der Waals surface area contributed by atoms with Crippen molar-refractivity contribution in [2.45, 2.75) is 57.9 Å². The molecule has 0 aromatic carbocycles. The van der Waals surface area contributed by atoms with Crippen LogP contribution in [0.25, 0.3) is 0 Å². The Bertz CT molecular complexity index is 493. The predicted octanol–water partition coefficient (Wildman–Crippen LogP) is 3.60. The van der Waals surface area contributed by atoms with E-state index in [0.29, 0.717) is 17.1 Å². The molecule has 1 aromatic rings. The third-order valence-electron chi connectivity index (χ3n) is 4.51. The van der Waals surface area contributed by atoms with Crippen LogP contribution in [0.2, 0.25) is 5.15 Å². The SMILES string of the molecule is CCCN1CCC(Nc2nc(C3CC3)nc(Cl)c2C)CC1. The smallest absolute Gasteiger partial charge is 0.137 e. The van der Waals surface area contributed by atoms with Crippen molar-refractivity contribution >= 4 is 17.4 Å². The zero-order valence-electron chi connectivity index (χ0n) is 13.0. The molecular formula is C16H25ClN4. The predicted molar refractivity (Wildman–Crippen MR) is 87.1 cm³/mol. The van der Waals surface area contributed by atoms with E-state index in [1.807, 2.05) is 6.92 Å². The Morgan fingerprint density at radius 3 is 2.52 bits per heavy atom. The fourth-order valence-electron chi connectivity index (χ4n) is 2.98. The van der Waals surface area contributed by atoms with Crippen LogP contribution in [-0.2, 0) is 0 Å². The second kappa shape index (κ2) is 6.49. The summed E-state index contributed by atoms with van der Waals surface area (Å²) in [5, 5.41) is 4.22. The molecule has 2 aliphatic rings. The Morgan fingerprint density at radius 1 is 1.19 bits per heavy atom. The molecular weight excluding hydrogens is 284 g/mol. The molecule has 2 heterocycles. The largest absolute Gasteiger partial charge is 0.367 e. The Balaban J connectivity index is 1.65. The fourth-order valence-corrected chi connectivity index (χ4v) is 3.16. The standard InChI is InChI=1S/C16H25ClN4/c1-3-8-21-9-6-13(7-10-21)18-15-11(2)14(17)19-16(20-15)12-4-5-12/h12-13H,3-10H2,1-2H3,(H,18,19,20). The van der Waals surface area contributed by atoms with Crippen LogP contribution in [0.3, 0.4) is 0 Å². The van der Waals surface area contributed by atoms with Crippen molar-refractivity contribution in [1.82, 2.24) is 14.9 Å². The molecule has 0 unspecified atom stereocenters. The average Bonchev–Trinajstić information content (AvgIpc) is 3.30. The zero-order valence-corrected chi connectivity index (χ0v) is 13.8. The molecule has 0 bridgehead atoms. The second-order valence-corrected chi connectivity index (χ2v) is 6.74. The summed E-state index contributed by atoms with van der Waals surface area (Å²) in [6, 6.07) is 0.509. The molecule has 5 heteroatoms. The third-order valence-corrected chi connectivity index (χ3v) is 4.88. The normalized spacial score (nSPS) is 20.7. The van der Waals surface area contributed by atoms with E-state index >= 15 is 0 Å². The van der Waals surface area contributed by atoms with Crippen LogP contribution in [0.1, 0.15) is 56.3 Å². The van der Waals surface area contributed by atoms with E-state index in [4.69, 9.17) is 16.6 Å². The van der Waals surface area contributed by atoms with Crippen molar-refractivity contribution in [1.29, 1.82) is 0 Å². The molecule has 1 N–H and O–H groups in total. The minimum atomic E-state index is 0.509. The molecule has 2 fully saturated rings. The Labute approximate surface area is 132 Å². The molecule has 3 rings (SSSR count). The highest BCUT2D eigenvalue weighted by atomic mass is 35.5. The second-order valence-electron chi connectivity index (χ2n) is 6.38. The Kier molecular flexibility index (Phi) is 4.65. The number of hydrogen-bond donors (Lipinski definition) is 1. The maximum atomic E-state index is 6.27. The number of aromatic nitrogens is 2. The van der Waals surface area contributed by atoms with Gasteiger partial charge in [-0.2, -0.15) is 0 Å². The molecule has 1 saturated heterocycles. The van der Waals surface area contributed by atoms with E-state index in [2.05, 4.69) is 22.1 Å². The number of piperidine rings is 1. The van der Waals surface area contributed by atoms with E-state index in [1.165, 1.54) is 51.7 Å². The van der Waals surface area contributed by atoms with E-state index in [0.717, 1.165) is 17.2 Å².